The number of nitrogens with one attached hydrogen (secondary N) is 1. The van der Waals surface area contributed by atoms with Crippen LogP contribution in [0.2, 0.25) is 0 Å². The maximum atomic E-state index is 11.5. The summed E-state index contributed by atoms with van der Waals surface area (Å²) in [4.78, 5) is 13.6. The Kier molecular flexibility index (Phi) is 3.53. The largest absolute Gasteiger partial charge is 0.397 e. The molecule has 0 radical (unpaired) electrons. The third-order valence-electron chi connectivity index (χ3n) is 4.06. The number of nitrogen functional groups attached to an aromatic ring is 1. The first-order chi connectivity index (χ1) is 9.63. The van der Waals surface area contributed by atoms with Gasteiger partial charge in [-0.1, -0.05) is 0 Å². The zero-order valence-electron chi connectivity index (χ0n) is 11.8. The van der Waals surface area contributed by atoms with E-state index in [1.54, 1.807) is 0 Å². The van der Waals surface area contributed by atoms with E-state index in [-0.39, 0.29) is 12.0 Å². The van der Waals surface area contributed by atoms with Crippen molar-refractivity contribution < 1.29 is 9.53 Å². The summed E-state index contributed by atoms with van der Waals surface area (Å²) >= 11 is 0. The molecule has 0 spiro atoms. The zero-order valence-corrected chi connectivity index (χ0v) is 11.8. The third-order valence-corrected chi connectivity index (χ3v) is 4.06. The standard InChI is InChI=1S/C15H21N3O2/c1-18(9-11-3-2-6-20-11)14-8-13-10(7-12(14)16)4-5-15(19)17-13/h7-8,11H,2-6,9,16H2,1H3,(H,17,19). The highest BCUT2D eigenvalue weighted by atomic mass is 16.5. The Bertz CT molecular complexity index is 524. The van der Waals surface area contributed by atoms with E-state index < -0.39 is 0 Å². The summed E-state index contributed by atoms with van der Waals surface area (Å²) in [6.07, 6.45) is 3.82. The van der Waals surface area contributed by atoms with Crippen LogP contribution in [0.4, 0.5) is 17.1 Å². The zero-order chi connectivity index (χ0) is 14.1. The molecule has 2 heterocycles. The molecule has 1 unspecified atom stereocenters. The number of likely N-dealkylation sites (N-methyl/N-ethyl adjacent to an activating group) is 1. The van der Waals surface area contributed by atoms with Gasteiger partial charge in [-0.25, -0.2) is 0 Å². The summed E-state index contributed by atoms with van der Waals surface area (Å²) in [5, 5.41) is 2.92. The number of nitrogens with zero attached hydrogens (tertiary/aromatic N) is 1. The van der Waals surface area contributed by atoms with E-state index in [1.165, 1.54) is 0 Å². The summed E-state index contributed by atoms with van der Waals surface area (Å²) in [6.45, 7) is 1.69. The second-order valence-corrected chi connectivity index (χ2v) is 5.63. The molecule has 5 heteroatoms. The van der Waals surface area contributed by atoms with Gasteiger partial charge in [-0.2, -0.15) is 0 Å². The number of anilines is 3. The fraction of sp³-hybridized carbons (Fsp3) is 0.533. The molecule has 5 nitrogen and oxygen atoms in total. The Morgan fingerprint density at radius 2 is 2.30 bits per heavy atom. The normalized spacial score (nSPS) is 21.4. The van der Waals surface area contributed by atoms with Gasteiger partial charge in [-0.3, -0.25) is 4.79 Å². The average molecular weight is 275 g/mol. The molecular weight excluding hydrogens is 254 g/mol. The second kappa shape index (κ2) is 5.32. The number of aryl methyl sites for hydroxylation is 1. The number of fused-ring (bicyclic) bond motifs is 1. The first kappa shape index (κ1) is 13.2. The average Bonchev–Trinajstić information content (AvgIpc) is 2.91. The van der Waals surface area contributed by atoms with Crippen LogP contribution in [-0.4, -0.2) is 32.2 Å². The Morgan fingerprint density at radius 1 is 1.45 bits per heavy atom. The van der Waals surface area contributed by atoms with Gasteiger partial charge >= 0.3 is 0 Å². The van der Waals surface area contributed by atoms with Crippen LogP contribution in [0.5, 0.6) is 0 Å². The van der Waals surface area contributed by atoms with Gasteiger partial charge in [0.05, 0.1) is 17.5 Å². The monoisotopic (exact) mass is 275 g/mol. The van der Waals surface area contributed by atoms with Gasteiger partial charge in [0.2, 0.25) is 5.91 Å². The number of rotatable bonds is 3. The van der Waals surface area contributed by atoms with Crippen molar-refractivity contribution in [3.05, 3.63) is 17.7 Å². The van der Waals surface area contributed by atoms with Crippen LogP contribution in [0.25, 0.3) is 0 Å². The van der Waals surface area contributed by atoms with Crippen LogP contribution >= 0.6 is 0 Å². The maximum absolute atomic E-state index is 11.5. The molecule has 2 aliphatic rings. The first-order valence-electron chi connectivity index (χ1n) is 7.18. The molecule has 1 amide bonds. The number of amides is 1. The fourth-order valence-corrected chi connectivity index (χ4v) is 2.96. The molecule has 0 bridgehead atoms. The van der Waals surface area contributed by atoms with Crippen molar-refractivity contribution in [3.8, 4) is 0 Å². The minimum absolute atomic E-state index is 0.0787. The van der Waals surface area contributed by atoms with Gasteiger partial charge in [-0.05, 0) is 37.0 Å². The number of hydrogen-bond acceptors (Lipinski definition) is 4. The smallest absolute Gasteiger partial charge is 0.224 e. The molecule has 0 aliphatic carbocycles. The van der Waals surface area contributed by atoms with Gasteiger partial charge < -0.3 is 20.7 Å². The molecule has 108 valence electrons. The molecule has 0 aromatic heterocycles. The van der Waals surface area contributed by atoms with E-state index in [0.717, 1.165) is 55.0 Å². The quantitative estimate of drug-likeness (QED) is 0.825. The Hall–Kier alpha value is -1.75. The lowest BCUT2D eigenvalue weighted by Crippen LogP contribution is -2.29. The SMILES string of the molecule is CN(CC1CCCO1)c1cc2c(cc1N)CCC(=O)N2. The number of nitrogens with two attached hydrogens (primary N) is 1. The van der Waals surface area contributed by atoms with Crippen LogP contribution in [-0.2, 0) is 16.0 Å². The molecule has 1 saturated heterocycles. The highest BCUT2D eigenvalue weighted by molar-refractivity contribution is 5.95. The maximum Gasteiger partial charge on any atom is 0.224 e. The first-order valence-corrected chi connectivity index (χ1v) is 7.18. The molecular formula is C15H21N3O2. The van der Waals surface area contributed by atoms with Crippen LogP contribution < -0.4 is 16.0 Å². The highest BCUT2D eigenvalue weighted by Crippen LogP contribution is 2.33. The minimum atomic E-state index is 0.0787. The molecule has 1 aromatic carbocycles. The minimum Gasteiger partial charge on any atom is -0.397 e. The number of ether oxygens (including phenoxy) is 1. The van der Waals surface area contributed by atoms with Gasteiger partial charge in [0.25, 0.3) is 0 Å². The summed E-state index contributed by atoms with van der Waals surface area (Å²) in [5.74, 6) is 0.0787. The molecule has 2 aliphatic heterocycles. The van der Waals surface area contributed by atoms with Gasteiger partial charge in [0.15, 0.2) is 0 Å². The van der Waals surface area contributed by atoms with Crippen LogP contribution in [0.15, 0.2) is 12.1 Å². The predicted molar refractivity (Wildman–Crippen MR) is 80.0 cm³/mol. The summed E-state index contributed by atoms with van der Waals surface area (Å²) in [7, 11) is 2.02. The van der Waals surface area contributed by atoms with Crippen molar-refractivity contribution >= 4 is 23.0 Å². The molecule has 20 heavy (non-hydrogen) atoms. The van der Waals surface area contributed by atoms with E-state index in [0.29, 0.717) is 6.42 Å². The summed E-state index contributed by atoms with van der Waals surface area (Å²) in [5.41, 5.74) is 9.90. The highest BCUT2D eigenvalue weighted by Gasteiger charge is 2.21. The van der Waals surface area contributed by atoms with Crippen molar-refractivity contribution in [1.82, 2.24) is 0 Å². The molecule has 3 N–H and O–H groups in total. The number of carbonyl (C=O) groups excluding carboxylic acids is 1. The summed E-state index contributed by atoms with van der Waals surface area (Å²) in [6, 6.07) is 3.97. The van der Waals surface area contributed by atoms with Gasteiger partial charge in [0, 0.05) is 32.3 Å². The molecule has 3 rings (SSSR count). The van der Waals surface area contributed by atoms with Crippen LogP contribution in [0, 0.1) is 0 Å². The van der Waals surface area contributed by atoms with E-state index in [4.69, 9.17) is 10.5 Å². The lowest BCUT2D eigenvalue weighted by Gasteiger charge is -2.27. The van der Waals surface area contributed by atoms with Gasteiger partial charge in [0.1, 0.15) is 0 Å². The fourth-order valence-electron chi connectivity index (χ4n) is 2.96. The van der Waals surface area contributed by atoms with Crippen LogP contribution in [0.1, 0.15) is 24.8 Å². The third kappa shape index (κ3) is 2.58. The van der Waals surface area contributed by atoms with E-state index >= 15 is 0 Å². The Morgan fingerprint density at radius 3 is 3.05 bits per heavy atom. The van der Waals surface area contributed by atoms with E-state index in [9.17, 15) is 4.79 Å². The van der Waals surface area contributed by atoms with Crippen LogP contribution in [0.3, 0.4) is 0 Å². The van der Waals surface area contributed by atoms with Crippen molar-refractivity contribution in [2.75, 3.05) is 36.1 Å². The molecule has 1 atom stereocenters. The lowest BCUT2D eigenvalue weighted by atomic mass is 10.0. The Labute approximate surface area is 119 Å². The lowest BCUT2D eigenvalue weighted by molar-refractivity contribution is -0.116. The van der Waals surface area contributed by atoms with Crippen molar-refractivity contribution in [3.63, 3.8) is 0 Å². The number of benzene rings is 1. The molecule has 0 saturated carbocycles. The predicted octanol–water partition coefficient (Wildman–Crippen LogP) is 1.77. The van der Waals surface area contributed by atoms with E-state index in [2.05, 4.69) is 10.2 Å². The molecule has 1 fully saturated rings. The summed E-state index contributed by atoms with van der Waals surface area (Å²) < 4.78 is 5.66. The Balaban J connectivity index is 1.81. The number of hydrogen-bond donors (Lipinski definition) is 2. The van der Waals surface area contributed by atoms with Crippen molar-refractivity contribution in [2.24, 2.45) is 0 Å². The van der Waals surface area contributed by atoms with Gasteiger partial charge in [-0.15, -0.1) is 0 Å². The van der Waals surface area contributed by atoms with Crippen molar-refractivity contribution in [1.29, 1.82) is 0 Å². The van der Waals surface area contributed by atoms with Crippen molar-refractivity contribution in [2.45, 2.75) is 31.8 Å². The second-order valence-electron chi connectivity index (χ2n) is 5.63. The number of carbonyl (C=O) groups is 1. The molecule has 1 aromatic rings. The van der Waals surface area contributed by atoms with E-state index in [1.807, 2.05) is 19.2 Å². The topological polar surface area (TPSA) is 67.6 Å².